The predicted octanol–water partition coefficient (Wildman–Crippen LogP) is 3.40. The Morgan fingerprint density at radius 3 is 2.24 bits per heavy atom. The van der Waals surface area contributed by atoms with Gasteiger partial charge >= 0.3 is 5.97 Å². The quantitative estimate of drug-likeness (QED) is 0.333. The highest BCUT2D eigenvalue weighted by Crippen LogP contribution is 2.43. The van der Waals surface area contributed by atoms with E-state index in [1.165, 1.54) is 12.1 Å². The number of fused-ring (bicyclic) bond motifs is 1. The topological polar surface area (TPSA) is 92.8 Å². The summed E-state index contributed by atoms with van der Waals surface area (Å²) < 4.78 is 4.91. The molecule has 3 amide bonds. The van der Waals surface area contributed by atoms with Crippen molar-refractivity contribution in [3.05, 3.63) is 28.2 Å². The van der Waals surface area contributed by atoms with E-state index in [2.05, 4.69) is 37.2 Å². The lowest BCUT2D eigenvalue weighted by molar-refractivity contribution is -0.154. The second kappa shape index (κ2) is 9.32. The molecule has 0 bridgehead atoms. The fraction of sp³-hybridized carbons (Fsp3) is 0.444. The lowest BCUT2D eigenvalue weighted by Gasteiger charge is -2.29. The van der Waals surface area contributed by atoms with Crippen molar-refractivity contribution in [2.24, 2.45) is 11.8 Å². The molecule has 7 nitrogen and oxygen atoms in total. The van der Waals surface area contributed by atoms with Crippen LogP contribution in [0.5, 0.6) is 0 Å². The molecule has 156 valence electrons. The van der Waals surface area contributed by atoms with Crippen LogP contribution in [0.2, 0.25) is 10.0 Å². The van der Waals surface area contributed by atoms with Crippen molar-refractivity contribution in [3.63, 3.8) is 0 Å². The van der Waals surface area contributed by atoms with Crippen LogP contribution in [-0.2, 0) is 23.9 Å². The van der Waals surface area contributed by atoms with Crippen molar-refractivity contribution >= 4 is 84.4 Å². The van der Waals surface area contributed by atoms with Crippen molar-refractivity contribution < 1.29 is 23.9 Å². The largest absolute Gasteiger partial charge is 0.454 e. The predicted molar refractivity (Wildman–Crippen MR) is 114 cm³/mol. The first kappa shape index (κ1) is 22.5. The van der Waals surface area contributed by atoms with Gasteiger partial charge in [0.05, 0.1) is 22.5 Å². The van der Waals surface area contributed by atoms with Gasteiger partial charge in [0.25, 0.3) is 5.91 Å². The Kier molecular flexibility index (Phi) is 7.24. The lowest BCUT2D eigenvalue weighted by Crippen LogP contribution is -2.37. The number of nitrogens with one attached hydrogen (secondary N) is 1. The monoisotopic (exact) mass is 568 g/mol. The van der Waals surface area contributed by atoms with E-state index in [0.29, 0.717) is 23.6 Å². The molecule has 1 aliphatic heterocycles. The summed E-state index contributed by atoms with van der Waals surface area (Å²) in [5.74, 6) is -3.09. The zero-order valence-corrected chi connectivity index (χ0v) is 19.6. The number of nitrogens with zero attached hydrogens (tertiary/aromatic N) is 1. The van der Waals surface area contributed by atoms with Crippen LogP contribution in [0.1, 0.15) is 12.8 Å². The molecule has 2 fully saturated rings. The van der Waals surface area contributed by atoms with Crippen molar-refractivity contribution in [1.82, 2.24) is 4.90 Å². The maximum atomic E-state index is 12.5. The van der Waals surface area contributed by atoms with Crippen LogP contribution in [0.25, 0.3) is 0 Å². The molecular weight excluding hydrogens is 555 g/mol. The van der Waals surface area contributed by atoms with Crippen LogP contribution < -0.4 is 5.32 Å². The Morgan fingerprint density at radius 2 is 1.69 bits per heavy atom. The van der Waals surface area contributed by atoms with E-state index in [1.54, 1.807) is 6.07 Å². The van der Waals surface area contributed by atoms with E-state index >= 15 is 0 Å². The first-order valence-corrected chi connectivity index (χ1v) is 11.3. The Labute approximate surface area is 193 Å². The Balaban J connectivity index is 1.52. The molecule has 1 heterocycles. The van der Waals surface area contributed by atoms with Gasteiger partial charge in [0.15, 0.2) is 6.61 Å². The van der Waals surface area contributed by atoms with Crippen molar-refractivity contribution in [3.8, 4) is 0 Å². The summed E-state index contributed by atoms with van der Waals surface area (Å²) in [6.07, 6.45) is 1.03. The molecule has 1 aromatic carbocycles. The van der Waals surface area contributed by atoms with Gasteiger partial charge in [-0.1, -0.05) is 55.1 Å². The van der Waals surface area contributed by atoms with Crippen LogP contribution in [-0.4, -0.2) is 51.4 Å². The van der Waals surface area contributed by atoms with Gasteiger partial charge in [0.1, 0.15) is 6.54 Å². The average Bonchev–Trinajstić information content (AvgIpc) is 2.87. The first-order chi connectivity index (χ1) is 13.7. The number of imide groups is 1. The number of halogens is 4. The number of alkyl halides is 2. The highest BCUT2D eigenvalue weighted by atomic mass is 79.9. The zero-order valence-electron chi connectivity index (χ0n) is 14.9. The third-order valence-electron chi connectivity index (χ3n) is 4.86. The Bertz CT molecular complexity index is 841. The molecule has 0 spiro atoms. The third kappa shape index (κ3) is 5.13. The smallest absolute Gasteiger partial charge is 0.326 e. The van der Waals surface area contributed by atoms with Gasteiger partial charge < -0.3 is 10.1 Å². The van der Waals surface area contributed by atoms with Crippen LogP contribution >= 0.6 is 55.1 Å². The summed E-state index contributed by atoms with van der Waals surface area (Å²) in [6.45, 7) is -1.09. The first-order valence-electron chi connectivity index (χ1n) is 8.71. The molecule has 3 rings (SSSR count). The van der Waals surface area contributed by atoms with E-state index in [0.717, 1.165) is 4.90 Å². The highest BCUT2D eigenvalue weighted by molar-refractivity contribution is 9.12. The third-order valence-corrected chi connectivity index (χ3v) is 8.14. The minimum absolute atomic E-state index is 0.0794. The normalized spacial score (nSPS) is 26.3. The number of amides is 3. The van der Waals surface area contributed by atoms with Crippen molar-refractivity contribution in [1.29, 1.82) is 0 Å². The maximum absolute atomic E-state index is 12.5. The summed E-state index contributed by atoms with van der Waals surface area (Å²) in [4.78, 5) is 50.2. The molecule has 2 aliphatic rings. The molecule has 11 heteroatoms. The standard InChI is InChI=1S/C18H16Br2Cl2N2O5/c19-11-4-9-10(5-12(11)20)18(28)24(17(9)27)6-16(26)29-7-15(25)23-14-2-1-8(21)3-13(14)22/h1-3,9-12H,4-7H2,(H,23,25)/t9-,10-,11-,12+/m1/s1. The number of carbonyl (C=O) groups is 4. The van der Waals surface area contributed by atoms with E-state index in [9.17, 15) is 19.2 Å². The molecule has 1 aliphatic carbocycles. The number of hydrogen-bond acceptors (Lipinski definition) is 5. The van der Waals surface area contributed by atoms with Crippen LogP contribution in [0.3, 0.4) is 0 Å². The summed E-state index contributed by atoms with van der Waals surface area (Å²) in [7, 11) is 0. The molecule has 29 heavy (non-hydrogen) atoms. The molecule has 0 radical (unpaired) electrons. The number of benzene rings is 1. The van der Waals surface area contributed by atoms with Gasteiger partial charge in [-0.25, -0.2) is 0 Å². The van der Waals surface area contributed by atoms with Gasteiger partial charge in [0.2, 0.25) is 11.8 Å². The Hall–Kier alpha value is -1.16. The molecular formula is C18H16Br2Cl2N2O5. The molecule has 4 atom stereocenters. The fourth-order valence-electron chi connectivity index (χ4n) is 3.42. The van der Waals surface area contributed by atoms with Gasteiger partial charge in [-0.05, 0) is 31.0 Å². The molecule has 0 aromatic heterocycles. The average molecular weight is 571 g/mol. The number of hydrogen-bond donors (Lipinski definition) is 1. The lowest BCUT2D eigenvalue weighted by atomic mass is 9.81. The number of ether oxygens (including phenoxy) is 1. The maximum Gasteiger partial charge on any atom is 0.326 e. The van der Waals surface area contributed by atoms with E-state index in [1.807, 2.05) is 0 Å². The van der Waals surface area contributed by atoms with E-state index in [4.69, 9.17) is 27.9 Å². The number of carbonyl (C=O) groups excluding carboxylic acids is 4. The SMILES string of the molecule is O=C(COC(=O)CN1C(=O)[C@@H]2C[C@@H](Br)[C@@H](Br)C[C@H]2C1=O)Nc1ccc(Cl)cc1Cl. The summed E-state index contributed by atoms with van der Waals surface area (Å²) in [5.41, 5.74) is 0.319. The van der Waals surface area contributed by atoms with Crippen LogP contribution in [0, 0.1) is 11.8 Å². The molecule has 1 aromatic rings. The van der Waals surface area contributed by atoms with Gasteiger partial charge in [-0.2, -0.15) is 0 Å². The minimum atomic E-state index is -0.839. The fourth-order valence-corrected chi connectivity index (χ4v) is 5.11. The van der Waals surface area contributed by atoms with Crippen molar-refractivity contribution in [2.75, 3.05) is 18.5 Å². The summed E-state index contributed by atoms with van der Waals surface area (Å²) >= 11 is 18.8. The van der Waals surface area contributed by atoms with Gasteiger partial charge in [0, 0.05) is 14.7 Å². The van der Waals surface area contributed by atoms with Crippen LogP contribution in [0.15, 0.2) is 18.2 Å². The second-order valence-electron chi connectivity index (χ2n) is 6.81. The summed E-state index contributed by atoms with van der Waals surface area (Å²) in [6, 6.07) is 4.53. The van der Waals surface area contributed by atoms with E-state index < -0.39 is 36.9 Å². The molecule has 1 saturated heterocycles. The number of anilines is 1. The van der Waals surface area contributed by atoms with Gasteiger partial charge in [-0.3, -0.25) is 24.1 Å². The number of esters is 1. The molecule has 0 unspecified atom stereocenters. The number of rotatable bonds is 5. The number of likely N-dealkylation sites (tertiary alicyclic amines) is 1. The highest BCUT2D eigenvalue weighted by Gasteiger charge is 2.52. The summed E-state index contributed by atoms with van der Waals surface area (Å²) in [5, 5.41) is 3.14. The van der Waals surface area contributed by atoms with Crippen molar-refractivity contribution in [2.45, 2.75) is 22.5 Å². The minimum Gasteiger partial charge on any atom is -0.454 e. The second-order valence-corrected chi connectivity index (χ2v) is 10.0. The van der Waals surface area contributed by atoms with E-state index in [-0.39, 0.29) is 26.5 Å². The van der Waals surface area contributed by atoms with Crippen LogP contribution in [0.4, 0.5) is 5.69 Å². The Morgan fingerprint density at radius 1 is 1.10 bits per heavy atom. The molecule has 1 N–H and O–H groups in total. The zero-order chi connectivity index (χ0) is 21.3. The van der Waals surface area contributed by atoms with Gasteiger partial charge in [-0.15, -0.1) is 0 Å². The molecule has 1 saturated carbocycles.